The fourth-order valence-electron chi connectivity index (χ4n) is 2.31. The summed E-state index contributed by atoms with van der Waals surface area (Å²) in [5.74, 6) is -0.0401. The number of hydrogen-bond donors (Lipinski definition) is 1. The van der Waals surface area contributed by atoms with Gasteiger partial charge in [0.2, 0.25) is 0 Å². The van der Waals surface area contributed by atoms with Crippen molar-refractivity contribution in [3.05, 3.63) is 41.1 Å². The fraction of sp³-hybridized carbons (Fsp3) is 0.389. The van der Waals surface area contributed by atoms with Gasteiger partial charge in [0, 0.05) is 20.6 Å². The number of likely N-dealkylation sites (N-methyl/N-ethyl adjacent to an activating group) is 1. The molecule has 8 heteroatoms. The lowest BCUT2D eigenvalue weighted by Gasteiger charge is -2.17. The van der Waals surface area contributed by atoms with Crippen LogP contribution in [0.3, 0.4) is 0 Å². The van der Waals surface area contributed by atoms with E-state index in [2.05, 4.69) is 9.69 Å². The molecule has 1 aromatic carbocycles. The Balaban J connectivity index is 1.88. The highest BCUT2D eigenvalue weighted by Crippen LogP contribution is 2.24. The van der Waals surface area contributed by atoms with Crippen LogP contribution in [0.5, 0.6) is 5.75 Å². The van der Waals surface area contributed by atoms with Crippen molar-refractivity contribution in [3.63, 3.8) is 0 Å². The number of aromatic nitrogens is 1. The molecule has 0 saturated heterocycles. The van der Waals surface area contributed by atoms with Crippen LogP contribution in [-0.4, -0.2) is 48.5 Å². The van der Waals surface area contributed by atoms with Crippen molar-refractivity contribution >= 4 is 28.4 Å². The number of nitrogens with zero attached hydrogens (tertiary/aromatic N) is 2. The Hall–Kier alpha value is -2.61. The number of esters is 1. The SMILES string of the molecule is CCOc1ccc(CN(C)C(=O)COC(=O)c2c(C)nsc2NC)cc1. The van der Waals surface area contributed by atoms with Crippen LogP contribution < -0.4 is 10.1 Å². The summed E-state index contributed by atoms with van der Waals surface area (Å²) in [5.41, 5.74) is 1.92. The van der Waals surface area contributed by atoms with Gasteiger partial charge in [-0.3, -0.25) is 4.79 Å². The van der Waals surface area contributed by atoms with Crippen molar-refractivity contribution < 1.29 is 19.1 Å². The number of anilines is 1. The van der Waals surface area contributed by atoms with Crippen LogP contribution in [0.15, 0.2) is 24.3 Å². The minimum absolute atomic E-state index is 0.279. The molecule has 0 atom stereocenters. The van der Waals surface area contributed by atoms with Gasteiger partial charge in [-0.05, 0) is 43.1 Å². The Kier molecular flexibility index (Phi) is 6.97. The molecule has 0 fully saturated rings. The first-order valence-electron chi connectivity index (χ1n) is 8.23. The lowest BCUT2D eigenvalue weighted by atomic mass is 10.2. The van der Waals surface area contributed by atoms with Crippen molar-refractivity contribution in [3.8, 4) is 5.75 Å². The van der Waals surface area contributed by atoms with Crippen molar-refractivity contribution in [1.82, 2.24) is 9.27 Å². The number of ether oxygens (including phenoxy) is 2. The van der Waals surface area contributed by atoms with Crippen molar-refractivity contribution in [2.45, 2.75) is 20.4 Å². The number of aryl methyl sites for hydroxylation is 1. The molecule has 0 bridgehead atoms. The maximum atomic E-state index is 12.2. The third kappa shape index (κ3) is 4.95. The van der Waals surface area contributed by atoms with Crippen LogP contribution in [0.1, 0.15) is 28.5 Å². The van der Waals surface area contributed by atoms with E-state index in [-0.39, 0.29) is 12.5 Å². The van der Waals surface area contributed by atoms with Gasteiger partial charge in [0.25, 0.3) is 5.91 Å². The van der Waals surface area contributed by atoms with Gasteiger partial charge in [0.1, 0.15) is 16.3 Å². The van der Waals surface area contributed by atoms with E-state index in [0.717, 1.165) is 11.3 Å². The van der Waals surface area contributed by atoms with E-state index in [0.29, 0.717) is 29.4 Å². The van der Waals surface area contributed by atoms with Crippen molar-refractivity contribution in [2.24, 2.45) is 0 Å². The lowest BCUT2D eigenvalue weighted by molar-refractivity contribution is -0.133. The van der Waals surface area contributed by atoms with E-state index in [1.807, 2.05) is 31.2 Å². The predicted molar refractivity (Wildman–Crippen MR) is 101 cm³/mol. The largest absolute Gasteiger partial charge is 0.494 e. The van der Waals surface area contributed by atoms with Gasteiger partial charge in [0.15, 0.2) is 6.61 Å². The molecule has 0 aliphatic rings. The van der Waals surface area contributed by atoms with Gasteiger partial charge >= 0.3 is 5.97 Å². The van der Waals surface area contributed by atoms with Gasteiger partial charge in [0.05, 0.1) is 12.3 Å². The minimum Gasteiger partial charge on any atom is -0.494 e. The van der Waals surface area contributed by atoms with Crippen LogP contribution in [0, 0.1) is 6.92 Å². The van der Waals surface area contributed by atoms with Gasteiger partial charge in [-0.2, -0.15) is 4.37 Å². The standard InChI is InChI=1S/C18H23N3O4S/c1-5-24-14-8-6-13(7-9-14)10-21(4)15(22)11-25-18(23)16-12(2)20-26-17(16)19-3/h6-9,19H,5,10-11H2,1-4H3. The first kappa shape index (κ1) is 19.7. The number of hydrogen-bond acceptors (Lipinski definition) is 7. The zero-order chi connectivity index (χ0) is 19.1. The van der Waals surface area contributed by atoms with Gasteiger partial charge in [-0.25, -0.2) is 4.79 Å². The average Bonchev–Trinajstić information content (AvgIpc) is 3.02. The zero-order valence-corrected chi connectivity index (χ0v) is 16.2. The maximum Gasteiger partial charge on any atom is 0.343 e. The normalized spacial score (nSPS) is 10.3. The number of amides is 1. The molecule has 0 saturated carbocycles. The van der Waals surface area contributed by atoms with Gasteiger partial charge in [-0.1, -0.05) is 12.1 Å². The summed E-state index contributed by atoms with van der Waals surface area (Å²) in [4.78, 5) is 26.0. The molecule has 140 valence electrons. The smallest absolute Gasteiger partial charge is 0.343 e. The quantitative estimate of drug-likeness (QED) is 0.713. The molecule has 0 unspecified atom stereocenters. The molecule has 1 N–H and O–H groups in total. The summed E-state index contributed by atoms with van der Waals surface area (Å²) in [6.45, 7) is 4.37. The number of carbonyl (C=O) groups is 2. The van der Waals surface area contributed by atoms with E-state index in [1.165, 1.54) is 16.4 Å². The molecule has 1 heterocycles. The lowest BCUT2D eigenvalue weighted by Crippen LogP contribution is -2.30. The third-order valence-electron chi connectivity index (χ3n) is 3.70. The Morgan fingerprint density at radius 2 is 1.96 bits per heavy atom. The second-order valence-corrected chi connectivity index (χ2v) is 6.40. The van der Waals surface area contributed by atoms with Crippen LogP contribution in [-0.2, 0) is 16.1 Å². The molecule has 0 aliphatic heterocycles. The number of carbonyl (C=O) groups excluding carboxylic acids is 2. The Morgan fingerprint density at radius 1 is 1.27 bits per heavy atom. The molecule has 0 radical (unpaired) electrons. The van der Waals surface area contributed by atoms with E-state index < -0.39 is 5.97 Å². The van der Waals surface area contributed by atoms with Crippen LogP contribution >= 0.6 is 11.5 Å². The third-order valence-corrected chi connectivity index (χ3v) is 4.66. The highest BCUT2D eigenvalue weighted by atomic mass is 32.1. The highest BCUT2D eigenvalue weighted by Gasteiger charge is 2.21. The molecule has 1 amide bonds. The summed E-state index contributed by atoms with van der Waals surface area (Å²) in [5, 5.41) is 3.53. The Labute approximate surface area is 157 Å². The summed E-state index contributed by atoms with van der Waals surface area (Å²) < 4.78 is 14.7. The summed E-state index contributed by atoms with van der Waals surface area (Å²) in [7, 11) is 3.38. The van der Waals surface area contributed by atoms with Gasteiger partial charge in [-0.15, -0.1) is 0 Å². The average molecular weight is 377 g/mol. The molecule has 26 heavy (non-hydrogen) atoms. The second-order valence-electron chi connectivity index (χ2n) is 5.63. The summed E-state index contributed by atoms with van der Waals surface area (Å²) in [6.07, 6.45) is 0. The van der Waals surface area contributed by atoms with E-state index in [9.17, 15) is 9.59 Å². The summed E-state index contributed by atoms with van der Waals surface area (Å²) in [6, 6.07) is 7.53. The molecule has 0 aliphatic carbocycles. The molecule has 7 nitrogen and oxygen atoms in total. The maximum absolute atomic E-state index is 12.2. The Morgan fingerprint density at radius 3 is 2.58 bits per heavy atom. The number of nitrogens with one attached hydrogen (secondary N) is 1. The van der Waals surface area contributed by atoms with Crippen LogP contribution in [0.25, 0.3) is 0 Å². The number of rotatable bonds is 8. The molecule has 1 aromatic heterocycles. The molecule has 0 spiro atoms. The topological polar surface area (TPSA) is 80.8 Å². The molecular weight excluding hydrogens is 354 g/mol. The Bertz CT molecular complexity index is 758. The molecular formula is C18H23N3O4S. The van der Waals surface area contributed by atoms with E-state index >= 15 is 0 Å². The first-order valence-corrected chi connectivity index (χ1v) is 9.00. The fourth-order valence-corrected chi connectivity index (χ4v) is 3.04. The zero-order valence-electron chi connectivity index (χ0n) is 15.4. The minimum atomic E-state index is -0.552. The second kappa shape index (κ2) is 9.19. The van der Waals surface area contributed by atoms with Crippen molar-refractivity contribution in [1.29, 1.82) is 0 Å². The summed E-state index contributed by atoms with van der Waals surface area (Å²) >= 11 is 1.18. The van der Waals surface area contributed by atoms with Crippen molar-refractivity contribution in [2.75, 3.05) is 32.6 Å². The van der Waals surface area contributed by atoms with Gasteiger partial charge < -0.3 is 19.7 Å². The van der Waals surface area contributed by atoms with E-state index in [4.69, 9.17) is 9.47 Å². The molecule has 2 aromatic rings. The predicted octanol–water partition coefficient (Wildman–Crippen LogP) is 2.71. The molecule has 2 rings (SSSR count). The van der Waals surface area contributed by atoms with Crippen LogP contribution in [0.2, 0.25) is 0 Å². The first-order chi connectivity index (χ1) is 12.5. The number of benzene rings is 1. The highest BCUT2D eigenvalue weighted by molar-refractivity contribution is 7.10. The van der Waals surface area contributed by atoms with E-state index in [1.54, 1.807) is 21.0 Å². The van der Waals surface area contributed by atoms with Crippen LogP contribution in [0.4, 0.5) is 5.00 Å². The monoisotopic (exact) mass is 377 g/mol.